The van der Waals surface area contributed by atoms with Crippen molar-refractivity contribution >= 4 is 39.1 Å². The summed E-state index contributed by atoms with van der Waals surface area (Å²) in [6.07, 6.45) is 0. The maximum atomic E-state index is 11.9. The summed E-state index contributed by atoms with van der Waals surface area (Å²) in [6, 6.07) is 7.25. The molecule has 1 aromatic heterocycles. The van der Waals surface area contributed by atoms with E-state index in [1.54, 1.807) is 16.8 Å². The van der Waals surface area contributed by atoms with Gasteiger partial charge in [0.05, 0.1) is 16.4 Å². The van der Waals surface area contributed by atoms with Crippen molar-refractivity contribution in [3.05, 3.63) is 45.1 Å². The van der Waals surface area contributed by atoms with Gasteiger partial charge in [0.1, 0.15) is 6.54 Å². The van der Waals surface area contributed by atoms with Gasteiger partial charge in [0.2, 0.25) is 5.91 Å². The first kappa shape index (κ1) is 14.1. The lowest BCUT2D eigenvalue weighted by Gasteiger charge is -2.08. The Morgan fingerprint density at radius 1 is 1.42 bits per heavy atom. The van der Waals surface area contributed by atoms with Gasteiger partial charge in [-0.1, -0.05) is 27.5 Å². The number of hydrogen-bond donors (Lipinski definition) is 1. The number of benzene rings is 1. The highest BCUT2D eigenvalue weighted by molar-refractivity contribution is 9.10. The molecule has 0 bridgehead atoms. The van der Waals surface area contributed by atoms with Crippen molar-refractivity contribution in [2.45, 2.75) is 20.4 Å². The topological polar surface area (TPSA) is 46.9 Å². The number of halogens is 2. The summed E-state index contributed by atoms with van der Waals surface area (Å²) in [5, 5.41) is 7.51. The second kappa shape index (κ2) is 5.75. The highest BCUT2D eigenvalue weighted by atomic mass is 79.9. The van der Waals surface area contributed by atoms with Crippen LogP contribution in [0.3, 0.4) is 0 Å². The van der Waals surface area contributed by atoms with E-state index in [2.05, 4.69) is 26.3 Å². The van der Waals surface area contributed by atoms with Gasteiger partial charge in [0.25, 0.3) is 0 Å². The first-order chi connectivity index (χ1) is 8.95. The Hall–Kier alpha value is -1.33. The van der Waals surface area contributed by atoms with Crippen molar-refractivity contribution in [1.82, 2.24) is 9.78 Å². The first-order valence-electron chi connectivity index (χ1n) is 5.71. The second-order valence-corrected chi connectivity index (χ2v) is 5.58. The molecular weight excluding hydrogens is 330 g/mol. The molecule has 0 aliphatic carbocycles. The minimum absolute atomic E-state index is 0.157. The highest BCUT2D eigenvalue weighted by Crippen LogP contribution is 2.25. The zero-order valence-corrected chi connectivity index (χ0v) is 12.9. The normalized spacial score (nSPS) is 10.5. The minimum Gasteiger partial charge on any atom is -0.323 e. The van der Waals surface area contributed by atoms with Gasteiger partial charge in [-0.25, -0.2) is 0 Å². The van der Waals surface area contributed by atoms with Crippen molar-refractivity contribution in [1.29, 1.82) is 0 Å². The summed E-state index contributed by atoms with van der Waals surface area (Å²) < 4.78 is 2.53. The number of aromatic nitrogens is 2. The molecule has 100 valence electrons. The molecule has 0 aliphatic heterocycles. The van der Waals surface area contributed by atoms with Crippen LogP contribution in [0.4, 0.5) is 5.69 Å². The molecule has 4 nitrogen and oxygen atoms in total. The summed E-state index contributed by atoms with van der Waals surface area (Å²) >= 11 is 9.36. The quantitative estimate of drug-likeness (QED) is 0.927. The van der Waals surface area contributed by atoms with Gasteiger partial charge < -0.3 is 5.32 Å². The zero-order valence-electron chi connectivity index (χ0n) is 10.6. The Kier molecular flexibility index (Phi) is 4.27. The molecule has 0 aliphatic rings. The average molecular weight is 343 g/mol. The maximum Gasteiger partial charge on any atom is 0.246 e. The average Bonchev–Trinajstić information content (AvgIpc) is 2.61. The molecular formula is C13H13BrClN3O. The molecule has 1 aromatic carbocycles. The number of nitrogens with one attached hydrogen (secondary N) is 1. The third-order valence-corrected chi connectivity index (χ3v) is 3.41. The number of carbonyl (C=O) groups is 1. The van der Waals surface area contributed by atoms with Crippen molar-refractivity contribution < 1.29 is 4.79 Å². The first-order valence-corrected chi connectivity index (χ1v) is 6.89. The van der Waals surface area contributed by atoms with Crippen molar-refractivity contribution in [2.75, 3.05) is 5.32 Å². The molecule has 19 heavy (non-hydrogen) atoms. The van der Waals surface area contributed by atoms with Crippen LogP contribution in [0.5, 0.6) is 0 Å². The minimum atomic E-state index is -0.157. The Morgan fingerprint density at radius 3 is 2.74 bits per heavy atom. The summed E-state index contributed by atoms with van der Waals surface area (Å²) in [5.41, 5.74) is 2.44. The molecule has 2 aromatic rings. The SMILES string of the molecule is Cc1cc(C)n(CC(=O)Nc2ccc(Br)cc2Cl)n1. The summed E-state index contributed by atoms with van der Waals surface area (Å²) in [5.74, 6) is -0.157. The largest absolute Gasteiger partial charge is 0.323 e. The van der Waals surface area contributed by atoms with Crippen LogP contribution in [0, 0.1) is 13.8 Å². The Bertz CT molecular complexity index is 624. The van der Waals surface area contributed by atoms with Crippen molar-refractivity contribution in [3.8, 4) is 0 Å². The fourth-order valence-corrected chi connectivity index (χ4v) is 2.47. The molecule has 0 saturated carbocycles. The molecule has 1 heterocycles. The van der Waals surface area contributed by atoms with E-state index >= 15 is 0 Å². The Labute approximate surface area is 124 Å². The Balaban J connectivity index is 2.07. The fourth-order valence-electron chi connectivity index (χ4n) is 1.75. The van der Waals surface area contributed by atoms with Crippen LogP contribution in [0.1, 0.15) is 11.4 Å². The number of rotatable bonds is 3. The van der Waals surface area contributed by atoms with Crippen molar-refractivity contribution in [2.24, 2.45) is 0 Å². The Morgan fingerprint density at radius 2 is 2.16 bits per heavy atom. The zero-order chi connectivity index (χ0) is 14.0. The predicted octanol–water partition coefficient (Wildman–Crippen LogP) is 3.55. The molecule has 0 atom stereocenters. The molecule has 1 amide bonds. The van der Waals surface area contributed by atoms with E-state index in [0.29, 0.717) is 10.7 Å². The molecule has 0 saturated heterocycles. The maximum absolute atomic E-state index is 11.9. The molecule has 1 N–H and O–H groups in total. The smallest absolute Gasteiger partial charge is 0.246 e. The van der Waals surface area contributed by atoms with Gasteiger partial charge >= 0.3 is 0 Å². The van der Waals surface area contributed by atoms with Gasteiger partial charge in [0.15, 0.2) is 0 Å². The lowest BCUT2D eigenvalue weighted by molar-refractivity contribution is -0.116. The number of amides is 1. The number of carbonyl (C=O) groups excluding carboxylic acids is 1. The molecule has 6 heteroatoms. The molecule has 0 spiro atoms. The van der Waals surface area contributed by atoms with Crippen LogP contribution in [-0.4, -0.2) is 15.7 Å². The number of anilines is 1. The van der Waals surface area contributed by atoms with Gasteiger partial charge in [-0.3, -0.25) is 9.48 Å². The number of nitrogens with zero attached hydrogens (tertiary/aromatic N) is 2. The predicted molar refractivity (Wildman–Crippen MR) is 79.5 cm³/mol. The lowest BCUT2D eigenvalue weighted by Crippen LogP contribution is -2.20. The van der Waals surface area contributed by atoms with E-state index in [1.165, 1.54) is 0 Å². The van der Waals surface area contributed by atoms with E-state index in [1.807, 2.05) is 26.0 Å². The van der Waals surface area contributed by atoms with Crippen LogP contribution in [0.2, 0.25) is 5.02 Å². The van der Waals surface area contributed by atoms with E-state index in [-0.39, 0.29) is 12.5 Å². The van der Waals surface area contributed by atoms with Gasteiger partial charge in [0, 0.05) is 10.2 Å². The molecule has 0 fully saturated rings. The van der Waals surface area contributed by atoms with Crippen LogP contribution < -0.4 is 5.32 Å². The van der Waals surface area contributed by atoms with Crippen LogP contribution in [0.25, 0.3) is 0 Å². The van der Waals surface area contributed by atoms with Gasteiger partial charge in [-0.05, 0) is 38.1 Å². The van der Waals surface area contributed by atoms with E-state index < -0.39 is 0 Å². The standard InChI is InChI=1S/C13H13BrClN3O/c1-8-5-9(2)18(17-8)7-13(19)16-12-4-3-10(14)6-11(12)15/h3-6H,7H2,1-2H3,(H,16,19). The van der Waals surface area contributed by atoms with Crippen LogP contribution in [-0.2, 0) is 11.3 Å². The summed E-state index contributed by atoms with van der Waals surface area (Å²) in [6.45, 7) is 3.99. The van der Waals surface area contributed by atoms with E-state index in [0.717, 1.165) is 15.9 Å². The second-order valence-electron chi connectivity index (χ2n) is 4.26. The van der Waals surface area contributed by atoms with Gasteiger partial charge in [-0.15, -0.1) is 0 Å². The number of aryl methyl sites for hydroxylation is 2. The summed E-state index contributed by atoms with van der Waals surface area (Å²) in [7, 11) is 0. The molecule has 0 unspecified atom stereocenters. The lowest BCUT2D eigenvalue weighted by atomic mass is 10.3. The number of hydrogen-bond acceptors (Lipinski definition) is 2. The fraction of sp³-hybridized carbons (Fsp3) is 0.231. The molecule has 2 rings (SSSR count). The van der Waals surface area contributed by atoms with Crippen LogP contribution >= 0.6 is 27.5 Å². The van der Waals surface area contributed by atoms with Crippen molar-refractivity contribution in [3.63, 3.8) is 0 Å². The summed E-state index contributed by atoms with van der Waals surface area (Å²) in [4.78, 5) is 11.9. The molecule has 0 radical (unpaired) electrons. The monoisotopic (exact) mass is 341 g/mol. The third-order valence-electron chi connectivity index (χ3n) is 2.60. The van der Waals surface area contributed by atoms with Crippen LogP contribution in [0.15, 0.2) is 28.7 Å². The van der Waals surface area contributed by atoms with E-state index in [4.69, 9.17) is 11.6 Å². The third kappa shape index (κ3) is 3.58. The highest BCUT2D eigenvalue weighted by Gasteiger charge is 2.09. The van der Waals surface area contributed by atoms with Gasteiger partial charge in [-0.2, -0.15) is 5.10 Å². The van der Waals surface area contributed by atoms with E-state index in [9.17, 15) is 4.79 Å².